The van der Waals surface area contributed by atoms with E-state index in [0.717, 1.165) is 16.6 Å². The largest absolute Gasteiger partial charge is 0.487 e. The standard InChI is InChI=1S/C24H22ClN3O3/c1-24(2,3)17-9-11-19-20(13-17)27-23(26-19)15-8-10-18(25)22(12-15)31-14-16-6-4-5-7-21(16)28(29)30/h4-13H,14H2,1-3H3,(H,26,27). The number of imidazole rings is 1. The number of nitrogens with zero attached hydrogens (tertiary/aromatic N) is 2. The number of H-pyrrole nitrogens is 1. The molecule has 4 rings (SSSR count). The van der Waals surface area contributed by atoms with E-state index in [4.69, 9.17) is 16.3 Å². The minimum absolute atomic E-state index is 0.0155. The average Bonchev–Trinajstić information content (AvgIpc) is 3.16. The molecule has 0 amide bonds. The van der Waals surface area contributed by atoms with Crippen LogP contribution >= 0.6 is 11.6 Å². The number of hydrogen-bond acceptors (Lipinski definition) is 4. The van der Waals surface area contributed by atoms with Crippen LogP contribution in [0, 0.1) is 10.1 Å². The van der Waals surface area contributed by atoms with Gasteiger partial charge in [0.1, 0.15) is 18.2 Å². The van der Waals surface area contributed by atoms with Gasteiger partial charge in [0.2, 0.25) is 0 Å². The number of benzene rings is 3. The SMILES string of the molecule is CC(C)(C)c1ccc2nc(-c3ccc(Cl)c(OCc4ccccc4[N+](=O)[O-])c3)[nH]c2c1. The second kappa shape index (κ2) is 8.04. The van der Waals surface area contributed by atoms with E-state index < -0.39 is 4.92 Å². The second-order valence-corrected chi connectivity index (χ2v) is 8.79. The van der Waals surface area contributed by atoms with Gasteiger partial charge in [0.15, 0.2) is 0 Å². The fraction of sp³-hybridized carbons (Fsp3) is 0.208. The lowest BCUT2D eigenvalue weighted by molar-refractivity contribution is -0.385. The molecule has 0 saturated carbocycles. The van der Waals surface area contributed by atoms with Gasteiger partial charge in [-0.15, -0.1) is 0 Å². The molecule has 0 bridgehead atoms. The zero-order chi connectivity index (χ0) is 22.2. The van der Waals surface area contributed by atoms with Gasteiger partial charge in [-0.1, -0.05) is 50.6 Å². The summed E-state index contributed by atoms with van der Waals surface area (Å²) in [6, 6.07) is 18.1. The van der Waals surface area contributed by atoms with Crippen LogP contribution in [0.5, 0.6) is 5.75 Å². The first-order valence-corrected chi connectivity index (χ1v) is 10.3. The molecule has 158 valence electrons. The smallest absolute Gasteiger partial charge is 0.276 e. The van der Waals surface area contributed by atoms with Crippen molar-refractivity contribution in [2.75, 3.05) is 0 Å². The lowest BCUT2D eigenvalue weighted by Gasteiger charge is -2.18. The summed E-state index contributed by atoms with van der Waals surface area (Å²) in [5.41, 5.74) is 4.41. The van der Waals surface area contributed by atoms with E-state index in [0.29, 0.717) is 22.2 Å². The van der Waals surface area contributed by atoms with Crippen LogP contribution in [0.1, 0.15) is 31.9 Å². The summed E-state index contributed by atoms with van der Waals surface area (Å²) in [4.78, 5) is 18.9. The third-order valence-corrected chi connectivity index (χ3v) is 5.44. The summed E-state index contributed by atoms with van der Waals surface area (Å²) < 4.78 is 5.84. The molecule has 1 heterocycles. The van der Waals surface area contributed by atoms with Crippen molar-refractivity contribution in [1.82, 2.24) is 9.97 Å². The molecule has 4 aromatic rings. The van der Waals surface area contributed by atoms with Gasteiger partial charge in [-0.2, -0.15) is 0 Å². The Morgan fingerprint density at radius 1 is 1.10 bits per heavy atom. The molecule has 0 aliphatic carbocycles. The molecule has 0 aliphatic rings. The van der Waals surface area contributed by atoms with Gasteiger partial charge < -0.3 is 9.72 Å². The molecule has 0 atom stereocenters. The van der Waals surface area contributed by atoms with Crippen molar-refractivity contribution in [3.8, 4) is 17.1 Å². The van der Waals surface area contributed by atoms with Crippen molar-refractivity contribution in [1.29, 1.82) is 0 Å². The maximum absolute atomic E-state index is 11.2. The van der Waals surface area contributed by atoms with Crippen molar-refractivity contribution >= 4 is 28.3 Å². The zero-order valence-electron chi connectivity index (χ0n) is 17.5. The predicted molar refractivity (Wildman–Crippen MR) is 123 cm³/mol. The van der Waals surface area contributed by atoms with Gasteiger partial charge in [-0.25, -0.2) is 4.98 Å². The second-order valence-electron chi connectivity index (χ2n) is 8.39. The molecule has 0 unspecified atom stereocenters. The number of nitro groups is 1. The van der Waals surface area contributed by atoms with Gasteiger partial charge in [-0.05, 0) is 47.4 Å². The summed E-state index contributed by atoms with van der Waals surface area (Å²) in [6.07, 6.45) is 0. The Morgan fingerprint density at radius 3 is 2.61 bits per heavy atom. The molecule has 31 heavy (non-hydrogen) atoms. The Morgan fingerprint density at radius 2 is 1.87 bits per heavy atom. The first kappa shape index (κ1) is 20.9. The Bertz CT molecular complexity index is 1270. The number of nitrogens with one attached hydrogen (secondary N) is 1. The molecular weight excluding hydrogens is 414 g/mol. The number of para-hydroxylation sites is 1. The van der Waals surface area contributed by atoms with Crippen LogP contribution in [0.3, 0.4) is 0 Å². The van der Waals surface area contributed by atoms with Gasteiger partial charge in [0.25, 0.3) is 5.69 Å². The molecule has 0 aliphatic heterocycles. The van der Waals surface area contributed by atoms with Gasteiger partial charge in [-0.3, -0.25) is 10.1 Å². The molecule has 6 nitrogen and oxygen atoms in total. The molecule has 0 saturated heterocycles. The van der Waals surface area contributed by atoms with Crippen LogP contribution in [0.2, 0.25) is 5.02 Å². The maximum Gasteiger partial charge on any atom is 0.276 e. The minimum atomic E-state index is -0.420. The molecule has 0 spiro atoms. The molecule has 7 heteroatoms. The molecular formula is C24H22ClN3O3. The number of aromatic amines is 1. The average molecular weight is 436 g/mol. The van der Waals surface area contributed by atoms with E-state index in [1.54, 1.807) is 30.3 Å². The van der Waals surface area contributed by atoms with Crippen molar-refractivity contribution in [3.05, 3.63) is 86.9 Å². The van der Waals surface area contributed by atoms with Crippen molar-refractivity contribution in [2.24, 2.45) is 0 Å². The highest BCUT2D eigenvalue weighted by Gasteiger charge is 2.17. The quantitative estimate of drug-likeness (QED) is 0.280. The highest BCUT2D eigenvalue weighted by atomic mass is 35.5. The maximum atomic E-state index is 11.2. The topological polar surface area (TPSA) is 81.1 Å². The van der Waals surface area contributed by atoms with Crippen molar-refractivity contribution in [3.63, 3.8) is 0 Å². The molecule has 0 radical (unpaired) electrons. The van der Waals surface area contributed by atoms with Gasteiger partial charge >= 0.3 is 0 Å². The third kappa shape index (κ3) is 4.39. The number of ether oxygens (including phenoxy) is 1. The Hall–Kier alpha value is -3.38. The number of aromatic nitrogens is 2. The lowest BCUT2D eigenvalue weighted by Crippen LogP contribution is -2.10. The first-order chi connectivity index (χ1) is 14.7. The van der Waals surface area contributed by atoms with E-state index in [-0.39, 0.29) is 17.7 Å². The van der Waals surface area contributed by atoms with E-state index in [9.17, 15) is 10.1 Å². The summed E-state index contributed by atoms with van der Waals surface area (Å²) >= 11 is 6.31. The van der Waals surface area contributed by atoms with E-state index >= 15 is 0 Å². The molecule has 1 N–H and O–H groups in total. The number of halogens is 1. The Kier molecular flexibility index (Phi) is 5.41. The van der Waals surface area contributed by atoms with E-state index in [1.165, 1.54) is 11.6 Å². The number of nitro benzene ring substituents is 1. The number of fused-ring (bicyclic) bond motifs is 1. The zero-order valence-corrected chi connectivity index (χ0v) is 18.2. The molecule has 1 aromatic heterocycles. The predicted octanol–water partition coefficient (Wildman–Crippen LogP) is 6.67. The number of rotatable bonds is 5. The van der Waals surface area contributed by atoms with Crippen LogP contribution in [0.15, 0.2) is 60.7 Å². The highest BCUT2D eigenvalue weighted by Crippen LogP contribution is 2.32. The van der Waals surface area contributed by atoms with E-state index in [2.05, 4.69) is 42.9 Å². The Labute approximate surface area is 185 Å². The minimum Gasteiger partial charge on any atom is -0.487 e. The van der Waals surface area contributed by atoms with Crippen molar-refractivity contribution in [2.45, 2.75) is 32.8 Å². The van der Waals surface area contributed by atoms with Crippen LogP contribution < -0.4 is 4.74 Å². The van der Waals surface area contributed by atoms with Gasteiger partial charge in [0, 0.05) is 11.6 Å². The Balaban J connectivity index is 1.63. The van der Waals surface area contributed by atoms with Crippen LogP contribution in [0.4, 0.5) is 5.69 Å². The molecule has 0 fully saturated rings. The highest BCUT2D eigenvalue weighted by molar-refractivity contribution is 6.32. The van der Waals surface area contributed by atoms with Crippen LogP contribution in [0.25, 0.3) is 22.4 Å². The molecule has 3 aromatic carbocycles. The fourth-order valence-corrected chi connectivity index (χ4v) is 3.51. The summed E-state index contributed by atoms with van der Waals surface area (Å²) in [5.74, 6) is 1.14. The summed E-state index contributed by atoms with van der Waals surface area (Å²) in [5, 5.41) is 11.6. The lowest BCUT2D eigenvalue weighted by atomic mass is 9.87. The first-order valence-electron chi connectivity index (χ1n) is 9.87. The monoisotopic (exact) mass is 435 g/mol. The van der Waals surface area contributed by atoms with E-state index in [1.807, 2.05) is 12.1 Å². The van der Waals surface area contributed by atoms with Crippen molar-refractivity contribution < 1.29 is 9.66 Å². The third-order valence-electron chi connectivity index (χ3n) is 5.12. The number of hydrogen-bond donors (Lipinski definition) is 1. The fourth-order valence-electron chi connectivity index (χ4n) is 3.34. The van der Waals surface area contributed by atoms with Gasteiger partial charge in [0.05, 0.1) is 26.5 Å². The van der Waals surface area contributed by atoms with Crippen LogP contribution in [-0.4, -0.2) is 14.9 Å². The van der Waals surface area contributed by atoms with Crippen LogP contribution in [-0.2, 0) is 12.0 Å². The summed E-state index contributed by atoms with van der Waals surface area (Å²) in [7, 11) is 0. The normalized spacial score (nSPS) is 11.6. The summed E-state index contributed by atoms with van der Waals surface area (Å²) in [6.45, 7) is 6.55.